The second-order valence-corrected chi connectivity index (χ2v) is 24.2. The van der Waals surface area contributed by atoms with E-state index in [1.54, 1.807) is 0 Å². The molecule has 18 aromatic rings. The summed E-state index contributed by atoms with van der Waals surface area (Å²) < 4.78 is 5.07. The second-order valence-electron chi connectivity index (χ2n) is 24.2. The van der Waals surface area contributed by atoms with E-state index in [-0.39, 0.29) is 5.41 Å². The highest BCUT2D eigenvalue weighted by atomic mass is 14.9. The fourth-order valence-electron chi connectivity index (χ4n) is 14.2. The molecule has 0 aliphatic carbocycles. The SMILES string of the molecule is CC(C)(C)c1ccc(-c2cc3c4cc5ccccc5cc4n4c5cc6cc(-c7cccc(-c8cc(-c9ccccc9)cc(-c9cc%10c%11cc%12ccccc%12cc%11n%11c%12cc%13ccccc%13cc%12c(c9)c%10%11)c8)c7)ccc6cc5c(c2)c34)cc1. The summed E-state index contributed by atoms with van der Waals surface area (Å²) in [6.45, 7) is 6.86. The predicted molar refractivity (Wildman–Crippen MR) is 352 cm³/mol. The lowest BCUT2D eigenvalue weighted by molar-refractivity contribution is 0.590. The van der Waals surface area contributed by atoms with Gasteiger partial charge in [0.05, 0.1) is 33.1 Å². The Bertz CT molecular complexity index is 5590. The number of hydrogen-bond donors (Lipinski definition) is 0. The quantitative estimate of drug-likeness (QED) is 0.162. The summed E-state index contributed by atoms with van der Waals surface area (Å²) >= 11 is 0. The van der Waals surface area contributed by atoms with Crippen LogP contribution < -0.4 is 0 Å². The van der Waals surface area contributed by atoms with Crippen LogP contribution in [0.15, 0.2) is 261 Å². The summed E-state index contributed by atoms with van der Waals surface area (Å²) in [4.78, 5) is 0. The molecule has 0 N–H and O–H groups in total. The first-order chi connectivity index (χ1) is 40.2. The van der Waals surface area contributed by atoms with Crippen LogP contribution in [0.5, 0.6) is 0 Å². The zero-order valence-electron chi connectivity index (χ0n) is 45.7. The zero-order valence-corrected chi connectivity index (χ0v) is 45.7. The number of nitrogens with zero attached hydrogens (tertiary/aromatic N) is 2. The van der Waals surface area contributed by atoms with Crippen molar-refractivity contribution in [3.63, 3.8) is 0 Å². The molecule has 382 valence electrons. The summed E-state index contributed by atoms with van der Waals surface area (Å²) in [6.07, 6.45) is 0. The van der Waals surface area contributed by atoms with E-state index in [9.17, 15) is 0 Å². The Hall–Kier alpha value is -10.3. The van der Waals surface area contributed by atoms with E-state index < -0.39 is 0 Å². The van der Waals surface area contributed by atoms with Crippen LogP contribution >= 0.6 is 0 Å². The maximum absolute atomic E-state index is 2.55. The minimum atomic E-state index is 0.0891. The van der Waals surface area contributed by atoms with Crippen LogP contribution in [-0.4, -0.2) is 8.80 Å². The van der Waals surface area contributed by atoms with Gasteiger partial charge in [-0.05, 0) is 213 Å². The molecular formula is C80H52N2. The van der Waals surface area contributed by atoms with Crippen molar-refractivity contribution in [1.29, 1.82) is 0 Å². The maximum atomic E-state index is 2.55. The van der Waals surface area contributed by atoms with E-state index in [2.05, 4.69) is 290 Å². The van der Waals surface area contributed by atoms with Gasteiger partial charge in [0.1, 0.15) is 0 Å². The van der Waals surface area contributed by atoms with Gasteiger partial charge in [-0.1, -0.05) is 178 Å². The highest BCUT2D eigenvalue weighted by molar-refractivity contribution is 6.29. The lowest BCUT2D eigenvalue weighted by atomic mass is 9.86. The van der Waals surface area contributed by atoms with E-state index in [0.29, 0.717) is 0 Å². The van der Waals surface area contributed by atoms with E-state index in [4.69, 9.17) is 0 Å². The van der Waals surface area contributed by atoms with Gasteiger partial charge in [0, 0.05) is 43.1 Å². The highest BCUT2D eigenvalue weighted by Crippen LogP contribution is 2.47. The van der Waals surface area contributed by atoms with Gasteiger partial charge in [-0.15, -0.1) is 0 Å². The standard InChI is InChI=1S/C80H52N2/c1-80(2,3)65-28-26-48(27-29-65)63-39-70-66-35-51-16-7-12-21-56(51)45-76(66)82-77-46-62-31-57(24-25-58(62)38-69(77)71(40-63)78(70)82)49-22-13-23-50(30-49)60-32-59(47-14-5-4-6-15-47)33-61(34-60)64-41-72-67-36-52-17-8-10-19-54(52)43-74(67)81-75-44-55-20-11-9-18-53(55)37-68(75)73(42-64)79(72)81/h4-46H,1-3H3. The van der Waals surface area contributed by atoms with Crippen LogP contribution in [0.3, 0.4) is 0 Å². The van der Waals surface area contributed by atoms with Crippen molar-refractivity contribution in [3.8, 4) is 55.6 Å². The maximum Gasteiger partial charge on any atom is 0.0620 e. The van der Waals surface area contributed by atoms with Crippen molar-refractivity contribution in [2.75, 3.05) is 0 Å². The molecule has 0 aliphatic heterocycles. The lowest BCUT2D eigenvalue weighted by Gasteiger charge is -2.19. The van der Waals surface area contributed by atoms with Crippen molar-refractivity contribution in [2.24, 2.45) is 0 Å². The number of aromatic nitrogens is 2. The summed E-state index contributed by atoms with van der Waals surface area (Å²) in [7, 11) is 0. The normalized spacial score (nSPS) is 12.6. The topological polar surface area (TPSA) is 8.82 Å². The molecule has 0 fully saturated rings. The van der Waals surface area contributed by atoms with Crippen molar-refractivity contribution < 1.29 is 0 Å². The minimum absolute atomic E-state index is 0.0891. The Morgan fingerprint density at radius 3 is 0.976 bits per heavy atom. The van der Waals surface area contributed by atoms with Crippen molar-refractivity contribution >= 4 is 119 Å². The fourth-order valence-corrected chi connectivity index (χ4v) is 14.2. The van der Waals surface area contributed by atoms with Crippen LogP contribution in [0.1, 0.15) is 26.3 Å². The van der Waals surface area contributed by atoms with Crippen LogP contribution in [0.25, 0.3) is 175 Å². The van der Waals surface area contributed by atoms with Crippen molar-refractivity contribution in [3.05, 3.63) is 266 Å². The predicted octanol–water partition coefficient (Wildman–Crippen LogP) is 22.2. The van der Waals surface area contributed by atoms with Gasteiger partial charge in [-0.25, -0.2) is 0 Å². The van der Waals surface area contributed by atoms with E-state index in [0.717, 1.165) is 0 Å². The number of benzene rings is 14. The number of fused-ring (bicyclic) bond motifs is 16. The molecule has 0 atom stereocenters. The average Bonchev–Trinajstić information content (AvgIpc) is 2.57. The zero-order chi connectivity index (χ0) is 54.1. The summed E-state index contributed by atoms with van der Waals surface area (Å²) in [5.41, 5.74) is 21.0. The minimum Gasteiger partial charge on any atom is -0.308 e. The molecule has 0 bridgehead atoms. The highest BCUT2D eigenvalue weighted by Gasteiger charge is 2.24. The second kappa shape index (κ2) is 16.6. The molecule has 0 amide bonds. The monoisotopic (exact) mass is 1040 g/mol. The Morgan fingerprint density at radius 1 is 0.207 bits per heavy atom. The molecule has 0 spiro atoms. The third kappa shape index (κ3) is 6.70. The van der Waals surface area contributed by atoms with Gasteiger partial charge in [-0.3, -0.25) is 0 Å². The average molecular weight is 1040 g/mol. The number of rotatable bonds is 5. The van der Waals surface area contributed by atoms with Crippen LogP contribution in [0.4, 0.5) is 0 Å². The van der Waals surface area contributed by atoms with Gasteiger partial charge in [0.2, 0.25) is 0 Å². The molecule has 0 aliphatic rings. The first-order valence-corrected chi connectivity index (χ1v) is 28.8. The Kier molecular flexibility index (Phi) is 9.25. The molecule has 4 aromatic heterocycles. The van der Waals surface area contributed by atoms with Gasteiger partial charge in [-0.2, -0.15) is 0 Å². The third-order valence-electron chi connectivity index (χ3n) is 18.3. The lowest BCUT2D eigenvalue weighted by Crippen LogP contribution is -2.10. The summed E-state index contributed by atoms with van der Waals surface area (Å²) in [6, 6.07) is 99.0. The Balaban J connectivity index is 0.803. The first-order valence-electron chi connectivity index (χ1n) is 28.8. The van der Waals surface area contributed by atoms with Crippen LogP contribution in [-0.2, 0) is 5.41 Å². The molecule has 0 saturated carbocycles. The molecule has 2 heteroatoms. The molecule has 0 unspecified atom stereocenters. The molecule has 4 heterocycles. The van der Waals surface area contributed by atoms with Crippen LogP contribution in [0.2, 0.25) is 0 Å². The molecule has 2 nitrogen and oxygen atoms in total. The van der Waals surface area contributed by atoms with Gasteiger partial charge >= 0.3 is 0 Å². The smallest absolute Gasteiger partial charge is 0.0620 e. The fraction of sp³-hybridized carbons (Fsp3) is 0.0500. The van der Waals surface area contributed by atoms with E-state index >= 15 is 0 Å². The molecule has 0 radical (unpaired) electrons. The largest absolute Gasteiger partial charge is 0.308 e. The third-order valence-corrected chi connectivity index (χ3v) is 18.3. The summed E-state index contributed by atoms with van der Waals surface area (Å²) in [5.74, 6) is 0. The number of hydrogen-bond acceptors (Lipinski definition) is 0. The van der Waals surface area contributed by atoms with Crippen molar-refractivity contribution in [2.45, 2.75) is 26.2 Å². The van der Waals surface area contributed by atoms with Gasteiger partial charge in [0.15, 0.2) is 0 Å². The molecule has 0 saturated heterocycles. The van der Waals surface area contributed by atoms with Crippen LogP contribution in [0, 0.1) is 0 Å². The van der Waals surface area contributed by atoms with E-state index in [1.807, 2.05) is 0 Å². The van der Waals surface area contributed by atoms with Crippen molar-refractivity contribution in [1.82, 2.24) is 8.80 Å². The Morgan fingerprint density at radius 2 is 0.512 bits per heavy atom. The van der Waals surface area contributed by atoms with Gasteiger partial charge < -0.3 is 8.80 Å². The van der Waals surface area contributed by atoms with Gasteiger partial charge in [0.25, 0.3) is 0 Å². The molecule has 18 rings (SSSR count). The molecule has 82 heavy (non-hydrogen) atoms. The Labute approximate surface area is 473 Å². The molecule has 14 aromatic carbocycles. The van der Waals surface area contributed by atoms with E-state index in [1.165, 1.54) is 180 Å². The first kappa shape index (κ1) is 45.6. The summed E-state index contributed by atoms with van der Waals surface area (Å²) in [5, 5.41) is 20.3. The molecular weight excluding hydrogens is 989 g/mol.